The summed E-state index contributed by atoms with van der Waals surface area (Å²) in [6.07, 6.45) is 26.3. The van der Waals surface area contributed by atoms with Crippen LogP contribution in [0.3, 0.4) is 0 Å². The van der Waals surface area contributed by atoms with E-state index in [2.05, 4.69) is 63.2 Å². The van der Waals surface area contributed by atoms with Gasteiger partial charge in [-0.05, 0) is 97.4 Å². The van der Waals surface area contributed by atoms with Crippen LogP contribution in [-0.4, -0.2) is 6.79 Å². The Labute approximate surface area is 236 Å². The van der Waals surface area contributed by atoms with Crippen LogP contribution < -0.4 is 0 Å². The Morgan fingerprint density at radius 1 is 0.684 bits per heavy atom. The Balaban J connectivity index is 0.000000262. The first kappa shape index (κ1) is 32.3. The highest BCUT2D eigenvalue weighted by Gasteiger charge is 2.14. The van der Waals surface area contributed by atoms with Crippen molar-refractivity contribution in [3.63, 3.8) is 0 Å². The second kappa shape index (κ2) is 20.1. The largest absolute Gasteiger partial charge is 0.307 e. The summed E-state index contributed by atoms with van der Waals surface area (Å²) in [5.74, 6) is 2.01. The average molecular weight is 519 g/mol. The van der Waals surface area contributed by atoms with Crippen LogP contribution in [0.1, 0.15) is 138 Å². The first-order chi connectivity index (χ1) is 18.7. The van der Waals surface area contributed by atoms with Gasteiger partial charge in [-0.25, -0.2) is 0 Å². The number of rotatable bonds is 13. The molecular formula is C37H58O. The molecular weight excluding hydrogens is 460 g/mol. The van der Waals surface area contributed by atoms with Crippen LogP contribution in [-0.2, 0) is 36.9 Å². The van der Waals surface area contributed by atoms with Gasteiger partial charge in [-0.2, -0.15) is 0 Å². The number of unbranched alkanes of at least 4 members (excludes halogenated alkanes) is 1. The molecule has 4 rings (SSSR count). The maximum Gasteiger partial charge on any atom is 0.106 e. The molecule has 2 aromatic rings. The molecule has 212 valence electrons. The topological polar surface area (TPSA) is 17.1 Å². The molecule has 0 unspecified atom stereocenters. The quantitative estimate of drug-likeness (QED) is 0.241. The van der Waals surface area contributed by atoms with Gasteiger partial charge in [0.2, 0.25) is 0 Å². The summed E-state index contributed by atoms with van der Waals surface area (Å²) in [5.41, 5.74) is 7.83. The summed E-state index contributed by atoms with van der Waals surface area (Å²) in [5, 5.41) is 0. The van der Waals surface area contributed by atoms with Crippen molar-refractivity contribution in [3.05, 3.63) is 70.3 Å². The Hall–Kier alpha value is -1.89. The van der Waals surface area contributed by atoms with Crippen LogP contribution in [0.2, 0.25) is 0 Å². The molecule has 0 heterocycles. The van der Waals surface area contributed by atoms with E-state index >= 15 is 0 Å². The lowest BCUT2D eigenvalue weighted by Crippen LogP contribution is -2.03. The average Bonchev–Trinajstić information content (AvgIpc) is 3.50. The number of hydrogen-bond donors (Lipinski definition) is 0. The van der Waals surface area contributed by atoms with Crippen LogP contribution in [0.25, 0.3) is 0 Å². The summed E-state index contributed by atoms with van der Waals surface area (Å²) in [6, 6.07) is 16.5. The van der Waals surface area contributed by atoms with E-state index < -0.39 is 0 Å². The summed E-state index contributed by atoms with van der Waals surface area (Å²) in [7, 11) is 0. The highest BCUT2D eigenvalue weighted by Crippen LogP contribution is 2.29. The third-order valence-corrected chi connectivity index (χ3v) is 8.88. The molecule has 38 heavy (non-hydrogen) atoms. The Morgan fingerprint density at radius 2 is 1.29 bits per heavy atom. The van der Waals surface area contributed by atoms with Crippen LogP contribution >= 0.6 is 0 Å². The van der Waals surface area contributed by atoms with E-state index in [4.69, 9.17) is 4.79 Å². The second-order valence-corrected chi connectivity index (χ2v) is 11.9. The molecule has 0 spiro atoms. The SMILES string of the molecule is C=O.CCCC(CCC)CCCCc1ccc2c(c1)CCCC2.CCc1ccc(CCC2CCCC2)cc1. The van der Waals surface area contributed by atoms with Crippen molar-refractivity contribution in [1.82, 2.24) is 0 Å². The molecule has 1 fully saturated rings. The van der Waals surface area contributed by atoms with E-state index in [1.807, 2.05) is 6.79 Å². The van der Waals surface area contributed by atoms with Gasteiger partial charge in [0.25, 0.3) is 0 Å². The molecule has 1 heteroatoms. The summed E-state index contributed by atoms with van der Waals surface area (Å²) >= 11 is 0. The van der Waals surface area contributed by atoms with Crippen molar-refractivity contribution < 1.29 is 4.79 Å². The number of fused-ring (bicyclic) bond motifs is 1. The van der Waals surface area contributed by atoms with E-state index in [0.717, 1.165) is 18.3 Å². The number of hydrogen-bond acceptors (Lipinski definition) is 1. The van der Waals surface area contributed by atoms with Gasteiger partial charge in [-0.15, -0.1) is 0 Å². The minimum Gasteiger partial charge on any atom is -0.307 e. The first-order valence-electron chi connectivity index (χ1n) is 16.2. The fourth-order valence-corrected chi connectivity index (χ4v) is 6.57. The van der Waals surface area contributed by atoms with Gasteiger partial charge < -0.3 is 4.79 Å². The minimum atomic E-state index is 0.989. The summed E-state index contributed by atoms with van der Waals surface area (Å²) < 4.78 is 0. The van der Waals surface area contributed by atoms with Crippen molar-refractivity contribution in [2.24, 2.45) is 11.8 Å². The Bertz CT molecular complexity index is 840. The Morgan fingerprint density at radius 3 is 1.92 bits per heavy atom. The number of carbonyl (C=O) groups is 1. The number of aryl methyl sites for hydroxylation is 5. The van der Waals surface area contributed by atoms with Gasteiger partial charge in [0, 0.05) is 0 Å². The highest BCUT2D eigenvalue weighted by atomic mass is 16.1. The number of carbonyl (C=O) groups excluding carboxylic acids is 1. The van der Waals surface area contributed by atoms with E-state index in [1.54, 1.807) is 16.7 Å². The predicted molar refractivity (Wildman–Crippen MR) is 167 cm³/mol. The van der Waals surface area contributed by atoms with Crippen LogP contribution in [0, 0.1) is 11.8 Å². The van der Waals surface area contributed by atoms with E-state index in [1.165, 1.54) is 127 Å². The van der Waals surface area contributed by atoms with Gasteiger partial charge in [0.05, 0.1) is 0 Å². The standard InChI is InChI=1S/C21H34.C15H22.CH2O/c1-3-9-18(10-4-2)11-5-6-12-19-15-16-20-13-7-8-14-21(20)17-19;1-2-13-7-9-15(10-8-13)12-11-14-5-3-4-6-14;1-2/h15-18H,3-14H2,1-2H3;7-10,14H,2-6,11-12H2,1H3;1H2. The van der Waals surface area contributed by atoms with Crippen molar-refractivity contribution >= 4 is 6.79 Å². The van der Waals surface area contributed by atoms with Gasteiger partial charge in [-0.1, -0.05) is 127 Å². The molecule has 0 atom stereocenters. The molecule has 1 nitrogen and oxygen atoms in total. The molecule has 0 amide bonds. The molecule has 2 aromatic carbocycles. The molecule has 0 aromatic heterocycles. The molecule has 1 saturated carbocycles. The summed E-state index contributed by atoms with van der Waals surface area (Å²) in [6.45, 7) is 8.87. The zero-order valence-corrected chi connectivity index (χ0v) is 25.2. The molecule has 2 aliphatic rings. The first-order valence-corrected chi connectivity index (χ1v) is 16.2. The zero-order valence-electron chi connectivity index (χ0n) is 25.2. The van der Waals surface area contributed by atoms with E-state index in [-0.39, 0.29) is 0 Å². The van der Waals surface area contributed by atoms with E-state index in [9.17, 15) is 0 Å². The predicted octanol–water partition coefficient (Wildman–Crippen LogP) is 10.7. The van der Waals surface area contributed by atoms with Crippen LogP contribution in [0.15, 0.2) is 42.5 Å². The maximum absolute atomic E-state index is 8.00. The molecule has 0 bridgehead atoms. The lowest BCUT2D eigenvalue weighted by molar-refractivity contribution is -0.0979. The third kappa shape index (κ3) is 12.3. The van der Waals surface area contributed by atoms with Gasteiger partial charge in [0.15, 0.2) is 0 Å². The monoisotopic (exact) mass is 518 g/mol. The molecule has 0 radical (unpaired) electrons. The summed E-state index contributed by atoms with van der Waals surface area (Å²) in [4.78, 5) is 8.00. The zero-order chi connectivity index (χ0) is 27.4. The van der Waals surface area contributed by atoms with Gasteiger partial charge in [0.1, 0.15) is 6.79 Å². The van der Waals surface area contributed by atoms with Crippen molar-refractivity contribution in [1.29, 1.82) is 0 Å². The van der Waals surface area contributed by atoms with Crippen molar-refractivity contribution in [3.8, 4) is 0 Å². The highest BCUT2D eigenvalue weighted by molar-refractivity contribution is 5.33. The fraction of sp³-hybridized carbons (Fsp3) is 0.649. The van der Waals surface area contributed by atoms with E-state index in [0.29, 0.717) is 0 Å². The normalized spacial score (nSPS) is 14.8. The smallest absolute Gasteiger partial charge is 0.106 e. The van der Waals surface area contributed by atoms with Crippen molar-refractivity contribution in [2.45, 2.75) is 143 Å². The number of benzene rings is 2. The lowest BCUT2D eigenvalue weighted by atomic mass is 9.89. The maximum atomic E-state index is 8.00. The van der Waals surface area contributed by atoms with Crippen LogP contribution in [0.5, 0.6) is 0 Å². The second-order valence-electron chi connectivity index (χ2n) is 11.9. The minimum absolute atomic E-state index is 0.989. The van der Waals surface area contributed by atoms with Crippen molar-refractivity contribution in [2.75, 3.05) is 0 Å². The molecule has 2 aliphatic carbocycles. The molecule has 0 N–H and O–H groups in total. The Kier molecular flexibility index (Phi) is 17.1. The van der Waals surface area contributed by atoms with Crippen LogP contribution in [0.4, 0.5) is 0 Å². The van der Waals surface area contributed by atoms with Gasteiger partial charge in [-0.3, -0.25) is 0 Å². The van der Waals surface area contributed by atoms with Gasteiger partial charge >= 0.3 is 0 Å². The third-order valence-electron chi connectivity index (χ3n) is 8.88. The fourth-order valence-electron chi connectivity index (χ4n) is 6.57. The lowest BCUT2D eigenvalue weighted by Gasteiger charge is -2.17. The molecule has 0 aliphatic heterocycles. The molecule has 0 saturated heterocycles.